The van der Waals surface area contributed by atoms with E-state index in [1.54, 1.807) is 0 Å². The van der Waals surface area contributed by atoms with Crippen molar-refractivity contribution < 1.29 is 14.6 Å². The molecule has 1 unspecified atom stereocenters. The normalized spacial score (nSPS) is 15.6. The van der Waals surface area contributed by atoms with Crippen molar-refractivity contribution in [3.8, 4) is 5.75 Å². The summed E-state index contributed by atoms with van der Waals surface area (Å²) in [6, 6.07) is 19.8. The molecular weight excluding hydrogens is 486 g/mol. The predicted molar refractivity (Wildman–Crippen MR) is 162 cm³/mol. The zero-order chi connectivity index (χ0) is 29.0. The molecule has 0 aliphatic carbocycles. The summed E-state index contributed by atoms with van der Waals surface area (Å²) in [6.07, 6.45) is 0. The third-order valence-electron chi connectivity index (χ3n) is 7.46. The van der Waals surface area contributed by atoms with Gasteiger partial charge in [-0.15, -0.1) is 0 Å². The zero-order valence-corrected chi connectivity index (χ0v) is 24.8. The lowest BCUT2D eigenvalue weighted by molar-refractivity contribution is -0.122. The van der Waals surface area contributed by atoms with Gasteiger partial charge in [0, 0.05) is 38.2 Å². The number of ether oxygens (including phenoxy) is 1. The lowest BCUT2D eigenvalue weighted by atomic mass is 9.71. The molecule has 0 aromatic heterocycles. The number of hydrogen-bond donors (Lipinski definition) is 3. The fraction of sp³-hybridized carbons (Fsp3) is 0.424. The van der Waals surface area contributed by atoms with Gasteiger partial charge in [0.2, 0.25) is 0 Å². The van der Waals surface area contributed by atoms with Gasteiger partial charge in [-0.2, -0.15) is 0 Å². The van der Waals surface area contributed by atoms with E-state index in [1.807, 2.05) is 7.05 Å². The number of benzene rings is 3. The number of rotatable bonds is 5. The van der Waals surface area contributed by atoms with Crippen molar-refractivity contribution in [1.82, 2.24) is 4.90 Å². The monoisotopic (exact) mass is 531 g/mol. The second kappa shape index (κ2) is 12.1. The number of anilines is 2. The Morgan fingerprint density at radius 1 is 1.13 bits per heavy atom. The Hall–Kier alpha value is -3.51. The van der Waals surface area contributed by atoms with Crippen LogP contribution in [0.25, 0.3) is 0 Å². The van der Waals surface area contributed by atoms with E-state index in [9.17, 15) is 0 Å². The number of carboxylic acid groups (broad SMARTS) is 1. The zero-order valence-electron chi connectivity index (χ0n) is 24.8. The number of nitrogens with two attached hydrogens (primary N) is 1. The first-order valence-electron chi connectivity index (χ1n) is 13.5. The van der Waals surface area contributed by atoms with Crippen LogP contribution in [-0.4, -0.2) is 35.7 Å². The number of carbonyl (C=O) groups is 1. The molecule has 1 atom stereocenters. The molecule has 0 saturated carbocycles. The molecule has 4 rings (SSSR count). The van der Waals surface area contributed by atoms with E-state index in [0.717, 1.165) is 42.3 Å². The van der Waals surface area contributed by atoms with E-state index in [4.69, 9.17) is 20.4 Å². The highest BCUT2D eigenvalue weighted by molar-refractivity contribution is 5.72. The standard InChI is InChI=1S/C32H43N3O.CH2O2/c1-21-13-14-23(29(31(3,4)5)26-15-16-27(34-8)30(33)22(26)2)17-25(21)19-35-18-24-11-9-10-12-28(24)36-32(6,7)20-35;2-1-3/h9-17,29,34H,18-20,33H2,1-8H3;1H,(H,2,3). The maximum absolute atomic E-state index is 8.36. The summed E-state index contributed by atoms with van der Waals surface area (Å²) in [7, 11) is 1.92. The quantitative estimate of drug-likeness (QED) is 0.243. The van der Waals surface area contributed by atoms with Crippen LogP contribution >= 0.6 is 0 Å². The first-order valence-corrected chi connectivity index (χ1v) is 13.5. The Morgan fingerprint density at radius 3 is 2.44 bits per heavy atom. The van der Waals surface area contributed by atoms with Gasteiger partial charge in [0.25, 0.3) is 6.47 Å². The second-order valence-electron chi connectivity index (χ2n) is 12.2. The Bertz CT molecular complexity index is 1290. The molecule has 39 heavy (non-hydrogen) atoms. The van der Waals surface area contributed by atoms with Crippen molar-refractivity contribution in [2.45, 2.75) is 73.1 Å². The van der Waals surface area contributed by atoms with E-state index in [1.165, 1.54) is 27.8 Å². The largest absolute Gasteiger partial charge is 0.486 e. The summed E-state index contributed by atoms with van der Waals surface area (Å²) in [5, 5.41) is 10.1. The van der Waals surface area contributed by atoms with E-state index in [2.05, 4.69) is 113 Å². The number of nitrogen functional groups attached to an aromatic ring is 1. The average molecular weight is 532 g/mol. The van der Waals surface area contributed by atoms with Gasteiger partial charge >= 0.3 is 0 Å². The highest BCUT2D eigenvalue weighted by atomic mass is 16.5. The van der Waals surface area contributed by atoms with Gasteiger partial charge in [-0.05, 0) is 73.1 Å². The molecule has 0 saturated heterocycles. The summed E-state index contributed by atoms with van der Waals surface area (Å²) < 4.78 is 6.39. The molecule has 0 radical (unpaired) electrons. The number of fused-ring (bicyclic) bond motifs is 1. The van der Waals surface area contributed by atoms with Crippen LogP contribution in [0.1, 0.15) is 73.9 Å². The average Bonchev–Trinajstić information content (AvgIpc) is 2.97. The minimum Gasteiger partial charge on any atom is -0.486 e. The molecular formula is C33H45N3O3. The van der Waals surface area contributed by atoms with Gasteiger partial charge in [-0.1, -0.05) is 63.2 Å². The van der Waals surface area contributed by atoms with Crippen LogP contribution < -0.4 is 15.8 Å². The van der Waals surface area contributed by atoms with Crippen LogP contribution in [0.15, 0.2) is 54.6 Å². The van der Waals surface area contributed by atoms with Gasteiger partial charge in [0.05, 0.1) is 11.4 Å². The van der Waals surface area contributed by atoms with E-state index < -0.39 is 0 Å². The van der Waals surface area contributed by atoms with Crippen LogP contribution in [0.2, 0.25) is 0 Å². The molecule has 0 bridgehead atoms. The number of nitrogens with one attached hydrogen (secondary N) is 1. The van der Waals surface area contributed by atoms with E-state index >= 15 is 0 Å². The van der Waals surface area contributed by atoms with Crippen LogP contribution in [0.5, 0.6) is 5.75 Å². The highest BCUT2D eigenvalue weighted by Crippen LogP contribution is 2.44. The fourth-order valence-corrected chi connectivity index (χ4v) is 5.72. The number of hydrogen-bond acceptors (Lipinski definition) is 5. The third-order valence-corrected chi connectivity index (χ3v) is 7.46. The van der Waals surface area contributed by atoms with Gasteiger partial charge in [0.1, 0.15) is 11.4 Å². The molecule has 0 fully saturated rings. The van der Waals surface area contributed by atoms with Crippen molar-refractivity contribution in [2.24, 2.45) is 5.41 Å². The summed E-state index contributed by atoms with van der Waals surface area (Å²) >= 11 is 0. The molecule has 0 spiro atoms. The maximum atomic E-state index is 8.36. The van der Waals surface area contributed by atoms with Crippen molar-refractivity contribution in [3.05, 3.63) is 88.0 Å². The predicted octanol–water partition coefficient (Wildman–Crippen LogP) is 6.98. The van der Waals surface area contributed by atoms with Gasteiger partial charge in [0.15, 0.2) is 0 Å². The van der Waals surface area contributed by atoms with Gasteiger partial charge in [-0.25, -0.2) is 0 Å². The number of nitrogens with zero attached hydrogens (tertiary/aromatic N) is 1. The molecule has 6 nitrogen and oxygen atoms in total. The molecule has 0 amide bonds. The molecule has 3 aromatic rings. The number of para-hydroxylation sites is 1. The van der Waals surface area contributed by atoms with Gasteiger partial charge < -0.3 is 20.9 Å². The summed E-state index contributed by atoms with van der Waals surface area (Å²) in [5.74, 6) is 1.23. The van der Waals surface area contributed by atoms with Crippen LogP contribution in [0.4, 0.5) is 11.4 Å². The SMILES string of the molecule is CNc1ccc(C(c2ccc(C)c(CN3Cc4ccccc4OC(C)(C)C3)c2)C(C)(C)C)c(C)c1N.O=CO. The molecule has 210 valence electrons. The van der Waals surface area contributed by atoms with E-state index in [-0.39, 0.29) is 23.4 Å². The van der Waals surface area contributed by atoms with Crippen molar-refractivity contribution in [1.29, 1.82) is 0 Å². The minimum absolute atomic E-state index is 0.0300. The lowest BCUT2D eigenvalue weighted by Crippen LogP contribution is -2.40. The second-order valence-corrected chi connectivity index (χ2v) is 12.2. The van der Waals surface area contributed by atoms with Crippen LogP contribution in [0.3, 0.4) is 0 Å². The smallest absolute Gasteiger partial charge is 0.290 e. The molecule has 1 aliphatic rings. The summed E-state index contributed by atoms with van der Waals surface area (Å²) in [4.78, 5) is 10.9. The van der Waals surface area contributed by atoms with Gasteiger partial charge in [-0.3, -0.25) is 9.69 Å². The topological polar surface area (TPSA) is 87.8 Å². The van der Waals surface area contributed by atoms with E-state index in [0.29, 0.717) is 0 Å². The Labute approximate surface area is 234 Å². The first-order chi connectivity index (χ1) is 18.3. The van der Waals surface area contributed by atoms with Crippen molar-refractivity contribution in [3.63, 3.8) is 0 Å². The lowest BCUT2D eigenvalue weighted by Gasteiger charge is -2.34. The molecule has 1 aliphatic heterocycles. The maximum Gasteiger partial charge on any atom is 0.290 e. The molecule has 1 heterocycles. The summed E-state index contributed by atoms with van der Waals surface area (Å²) in [5.41, 5.74) is 15.9. The molecule has 6 heteroatoms. The number of aryl methyl sites for hydroxylation is 1. The van der Waals surface area contributed by atoms with Crippen LogP contribution in [-0.2, 0) is 17.9 Å². The van der Waals surface area contributed by atoms with Crippen molar-refractivity contribution in [2.75, 3.05) is 24.6 Å². The fourth-order valence-electron chi connectivity index (χ4n) is 5.72. The molecule has 4 N–H and O–H groups in total. The Kier molecular flexibility index (Phi) is 9.34. The van der Waals surface area contributed by atoms with Crippen molar-refractivity contribution >= 4 is 17.8 Å². The highest BCUT2D eigenvalue weighted by Gasteiger charge is 2.32. The molecule has 3 aromatic carbocycles. The first kappa shape index (κ1) is 30.0. The Balaban J connectivity index is 0.00000134. The third kappa shape index (κ3) is 7.12. The summed E-state index contributed by atoms with van der Waals surface area (Å²) in [6.45, 7) is 18.1. The Morgan fingerprint density at radius 2 is 1.79 bits per heavy atom. The van der Waals surface area contributed by atoms with Crippen LogP contribution in [0, 0.1) is 19.3 Å². The minimum atomic E-state index is -0.254.